The molecule has 1 heterocycles. The molecule has 0 aliphatic carbocycles. The number of benzene rings is 3. The topological polar surface area (TPSA) is 53.9 Å². The number of hydrogen-bond donors (Lipinski definition) is 2. The van der Waals surface area contributed by atoms with Gasteiger partial charge in [0.2, 0.25) is 0 Å². The Hall–Kier alpha value is -2.34. The lowest BCUT2D eigenvalue weighted by Crippen LogP contribution is -2.33. The van der Waals surface area contributed by atoms with E-state index in [0.29, 0.717) is 11.4 Å². The highest BCUT2D eigenvalue weighted by atomic mass is 79.9. The summed E-state index contributed by atoms with van der Waals surface area (Å²) in [6.45, 7) is 2.07. The van der Waals surface area contributed by atoms with Crippen molar-refractivity contribution in [1.29, 1.82) is 0 Å². The molecule has 154 valence electrons. The third-order valence-corrected chi connectivity index (χ3v) is 6.14. The highest BCUT2D eigenvalue weighted by Gasteiger charge is 2.28. The normalized spacial score (nSPS) is 18.7. The molecule has 0 radical (unpaired) electrons. The van der Waals surface area contributed by atoms with E-state index in [1.54, 1.807) is 19.2 Å². The number of aromatic hydroxyl groups is 1. The van der Waals surface area contributed by atoms with Gasteiger partial charge in [0.25, 0.3) is 0 Å². The number of phenolic OH excluding ortho intramolecular Hbond substituents is 1. The molecule has 30 heavy (non-hydrogen) atoms. The predicted molar refractivity (Wildman–Crippen MR) is 125 cm³/mol. The predicted octanol–water partition coefficient (Wildman–Crippen LogP) is 6.35. The third-order valence-electron chi connectivity index (χ3n) is 5.28. The average molecular weight is 486 g/mol. The van der Waals surface area contributed by atoms with E-state index in [-0.39, 0.29) is 18.0 Å². The maximum atomic E-state index is 10.5. The van der Waals surface area contributed by atoms with Gasteiger partial charge in [-0.2, -0.15) is 0 Å². The van der Waals surface area contributed by atoms with E-state index in [0.717, 1.165) is 32.6 Å². The lowest BCUT2D eigenvalue weighted by molar-refractivity contribution is 0.406. The molecule has 0 fully saturated rings. The fourth-order valence-corrected chi connectivity index (χ4v) is 4.39. The van der Waals surface area contributed by atoms with Gasteiger partial charge in [-0.3, -0.25) is 10.3 Å². The second kappa shape index (κ2) is 8.80. The fraction of sp³-hybridized carbons (Fsp3) is 0.208. The largest absolute Gasteiger partial charge is 0.508 e. The molecular weight excluding hydrogens is 464 g/mol. The van der Waals surface area contributed by atoms with Crippen molar-refractivity contribution in [2.75, 3.05) is 7.11 Å². The summed E-state index contributed by atoms with van der Waals surface area (Å²) >= 11 is 9.79. The summed E-state index contributed by atoms with van der Waals surface area (Å²) in [7, 11) is 1.64. The molecule has 6 heteroatoms. The molecule has 0 saturated heterocycles. The number of ether oxygens (including phenoxy) is 1. The summed E-state index contributed by atoms with van der Waals surface area (Å²) in [6, 6.07) is 19.3. The van der Waals surface area contributed by atoms with Crippen molar-refractivity contribution in [3.05, 3.63) is 92.4 Å². The lowest BCUT2D eigenvalue weighted by atomic mass is 9.93. The summed E-state index contributed by atoms with van der Waals surface area (Å²) in [5.74, 6) is 0.984. The number of methoxy groups -OCH3 is 1. The van der Waals surface area contributed by atoms with E-state index in [1.165, 1.54) is 5.56 Å². The van der Waals surface area contributed by atoms with Gasteiger partial charge in [0.1, 0.15) is 17.7 Å². The number of aryl methyl sites for hydroxylation is 1. The number of rotatable bonds is 4. The van der Waals surface area contributed by atoms with Crippen molar-refractivity contribution < 1.29 is 9.84 Å². The van der Waals surface area contributed by atoms with Crippen LogP contribution in [0.3, 0.4) is 0 Å². The Bertz CT molecular complexity index is 1100. The Balaban J connectivity index is 1.77. The van der Waals surface area contributed by atoms with Gasteiger partial charge < -0.3 is 9.84 Å². The van der Waals surface area contributed by atoms with Crippen LogP contribution in [0.25, 0.3) is 0 Å². The molecule has 1 aliphatic heterocycles. The third kappa shape index (κ3) is 4.38. The highest BCUT2D eigenvalue weighted by molar-refractivity contribution is 9.10. The number of aliphatic imine (C=N–C) groups is 1. The van der Waals surface area contributed by atoms with Crippen LogP contribution in [0.2, 0.25) is 5.02 Å². The first-order chi connectivity index (χ1) is 14.4. The minimum absolute atomic E-state index is 0.136. The molecular formula is C24H22BrClN2O2. The van der Waals surface area contributed by atoms with Gasteiger partial charge in [0.05, 0.1) is 11.6 Å². The number of nitrogens with one attached hydrogen (secondary N) is 1. The van der Waals surface area contributed by atoms with E-state index in [9.17, 15) is 5.11 Å². The second-order valence-electron chi connectivity index (χ2n) is 7.36. The molecule has 0 spiro atoms. The first kappa shape index (κ1) is 20.9. The zero-order valence-electron chi connectivity index (χ0n) is 16.7. The monoisotopic (exact) mass is 484 g/mol. The molecule has 0 amide bonds. The van der Waals surface area contributed by atoms with Crippen molar-refractivity contribution in [3.8, 4) is 11.5 Å². The number of phenols is 1. The number of halogens is 2. The molecule has 2 N–H and O–H groups in total. The van der Waals surface area contributed by atoms with E-state index < -0.39 is 0 Å². The van der Waals surface area contributed by atoms with Crippen LogP contribution in [-0.4, -0.2) is 17.9 Å². The summed E-state index contributed by atoms with van der Waals surface area (Å²) in [6.07, 6.45) is 0.366. The van der Waals surface area contributed by atoms with Crippen molar-refractivity contribution in [3.63, 3.8) is 0 Å². The molecule has 3 aromatic carbocycles. The van der Waals surface area contributed by atoms with Gasteiger partial charge in [-0.25, -0.2) is 0 Å². The highest BCUT2D eigenvalue weighted by Crippen LogP contribution is 2.37. The molecule has 4 rings (SSSR count). The van der Waals surface area contributed by atoms with Gasteiger partial charge in [-0.1, -0.05) is 47.5 Å². The maximum absolute atomic E-state index is 10.5. The first-order valence-electron chi connectivity index (χ1n) is 9.66. The first-order valence-corrected chi connectivity index (χ1v) is 10.8. The standard InChI is InChI=1S/C24H22BrClN2O2/c1-14-3-5-15(6-4-14)20-13-21(18-12-17(26)8-9-22(18)29)28-24(27-20)16-7-10-23(30-2)19(25)11-16/h3-12,21,24,28-29H,13H2,1-2H3/t21-,24-/m0/s1. The summed E-state index contributed by atoms with van der Waals surface area (Å²) in [5.41, 5.74) is 5.02. The van der Waals surface area contributed by atoms with Crippen molar-refractivity contribution in [1.82, 2.24) is 5.32 Å². The van der Waals surface area contributed by atoms with Crippen LogP contribution in [0.5, 0.6) is 11.5 Å². The molecule has 0 unspecified atom stereocenters. The number of nitrogens with zero attached hydrogens (tertiary/aromatic N) is 1. The summed E-state index contributed by atoms with van der Waals surface area (Å²) in [4.78, 5) is 5.01. The zero-order valence-corrected chi connectivity index (χ0v) is 19.0. The minimum Gasteiger partial charge on any atom is -0.508 e. The fourth-order valence-electron chi connectivity index (χ4n) is 3.65. The molecule has 0 saturated carbocycles. The van der Waals surface area contributed by atoms with Crippen LogP contribution in [0.15, 0.2) is 70.1 Å². The lowest BCUT2D eigenvalue weighted by Gasteiger charge is -2.31. The minimum atomic E-state index is -0.277. The van der Waals surface area contributed by atoms with E-state index in [4.69, 9.17) is 21.3 Å². The zero-order chi connectivity index (χ0) is 21.3. The number of hydrogen-bond acceptors (Lipinski definition) is 4. The maximum Gasteiger partial charge on any atom is 0.133 e. The molecule has 1 aliphatic rings. The summed E-state index contributed by atoms with van der Waals surface area (Å²) in [5, 5.41) is 14.6. The Morgan fingerprint density at radius 2 is 1.87 bits per heavy atom. The van der Waals surface area contributed by atoms with Crippen LogP contribution >= 0.6 is 27.5 Å². The average Bonchev–Trinajstić information content (AvgIpc) is 2.75. The SMILES string of the molecule is COc1ccc([C@H]2N=C(c3ccc(C)cc3)C[C@@H](c3cc(Cl)ccc3O)N2)cc1Br. The Kier molecular flexibility index (Phi) is 6.14. The molecule has 0 bridgehead atoms. The van der Waals surface area contributed by atoms with Crippen LogP contribution in [0.4, 0.5) is 0 Å². The van der Waals surface area contributed by atoms with Crippen LogP contribution in [0, 0.1) is 6.92 Å². The Labute approximate surface area is 189 Å². The van der Waals surface area contributed by atoms with Gasteiger partial charge in [0, 0.05) is 28.8 Å². The van der Waals surface area contributed by atoms with Crippen LogP contribution in [0.1, 0.15) is 40.9 Å². The Morgan fingerprint density at radius 3 is 2.57 bits per heavy atom. The quantitative estimate of drug-likeness (QED) is 0.453. The summed E-state index contributed by atoms with van der Waals surface area (Å²) < 4.78 is 6.22. The van der Waals surface area contributed by atoms with Crippen LogP contribution < -0.4 is 10.1 Å². The van der Waals surface area contributed by atoms with E-state index >= 15 is 0 Å². The molecule has 0 aromatic heterocycles. The molecule has 3 aromatic rings. The molecule has 2 atom stereocenters. The van der Waals surface area contributed by atoms with Crippen molar-refractivity contribution in [2.45, 2.75) is 25.6 Å². The molecule has 4 nitrogen and oxygen atoms in total. The van der Waals surface area contributed by atoms with Gasteiger partial charge in [-0.05, 0) is 64.3 Å². The van der Waals surface area contributed by atoms with Crippen molar-refractivity contribution in [2.24, 2.45) is 4.99 Å². The second-order valence-corrected chi connectivity index (χ2v) is 8.66. The van der Waals surface area contributed by atoms with E-state index in [2.05, 4.69) is 52.4 Å². The van der Waals surface area contributed by atoms with Crippen molar-refractivity contribution >= 4 is 33.2 Å². The van der Waals surface area contributed by atoms with Gasteiger partial charge in [-0.15, -0.1) is 0 Å². The van der Waals surface area contributed by atoms with E-state index in [1.807, 2.05) is 24.3 Å². The van der Waals surface area contributed by atoms with Gasteiger partial charge >= 0.3 is 0 Å². The Morgan fingerprint density at radius 1 is 1.10 bits per heavy atom. The smallest absolute Gasteiger partial charge is 0.133 e. The van der Waals surface area contributed by atoms with Crippen LogP contribution in [-0.2, 0) is 0 Å². The van der Waals surface area contributed by atoms with Gasteiger partial charge in [0.15, 0.2) is 0 Å².